The zero-order valence-electron chi connectivity index (χ0n) is 22.0. The van der Waals surface area contributed by atoms with Crippen LogP contribution in [0.1, 0.15) is 24.0 Å². The SMILES string of the molecule is O=C(NCCCN(CCCNC(=O)OCc1ccccc1)C(=O)Cn1ccc(=O)[nH]c1=O)OCc1ccccc1. The summed E-state index contributed by atoms with van der Waals surface area (Å²) in [4.78, 5) is 63.9. The van der Waals surface area contributed by atoms with Crippen LogP contribution in [-0.4, -0.2) is 58.7 Å². The molecular weight excluding hydrogens is 518 g/mol. The summed E-state index contributed by atoms with van der Waals surface area (Å²) < 4.78 is 11.5. The van der Waals surface area contributed by atoms with E-state index >= 15 is 0 Å². The number of aromatic nitrogens is 2. The van der Waals surface area contributed by atoms with Crippen LogP contribution in [0.15, 0.2) is 82.5 Å². The molecule has 0 saturated carbocycles. The first-order valence-electron chi connectivity index (χ1n) is 12.9. The Bertz CT molecular complexity index is 1280. The lowest BCUT2D eigenvalue weighted by Crippen LogP contribution is -2.41. The molecular formula is C28H33N5O7. The van der Waals surface area contributed by atoms with E-state index in [4.69, 9.17) is 9.47 Å². The summed E-state index contributed by atoms with van der Waals surface area (Å²) in [6.45, 7) is 1.12. The fraction of sp³-hybridized carbons (Fsp3) is 0.321. The fourth-order valence-electron chi connectivity index (χ4n) is 3.64. The average molecular weight is 552 g/mol. The molecule has 1 aromatic heterocycles. The number of hydrogen-bond donors (Lipinski definition) is 3. The predicted molar refractivity (Wildman–Crippen MR) is 146 cm³/mol. The maximum absolute atomic E-state index is 13.0. The lowest BCUT2D eigenvalue weighted by Gasteiger charge is -2.23. The first-order chi connectivity index (χ1) is 19.4. The summed E-state index contributed by atoms with van der Waals surface area (Å²) >= 11 is 0. The van der Waals surface area contributed by atoms with Gasteiger partial charge in [-0.25, -0.2) is 14.4 Å². The number of ether oxygens (including phenoxy) is 2. The standard InChI is InChI=1S/C28H33N5O7/c34-24-13-18-33(26(36)31-24)19-25(35)32(16-7-14-29-27(37)39-20-22-9-3-1-4-10-22)17-8-15-30-28(38)40-21-23-11-5-2-6-12-23/h1-6,9-13,18H,7-8,14-17,19-21H2,(H,29,37)(H,30,38)(H,31,34,36). The van der Waals surface area contributed by atoms with Crippen molar-refractivity contribution in [1.82, 2.24) is 25.1 Å². The summed E-state index contributed by atoms with van der Waals surface area (Å²) in [7, 11) is 0. The number of benzene rings is 2. The molecule has 0 bridgehead atoms. The summed E-state index contributed by atoms with van der Waals surface area (Å²) in [5.74, 6) is -0.354. The number of nitrogens with zero attached hydrogens (tertiary/aromatic N) is 2. The van der Waals surface area contributed by atoms with Crippen LogP contribution in [0, 0.1) is 0 Å². The molecule has 3 rings (SSSR count). The van der Waals surface area contributed by atoms with Gasteiger partial charge in [0, 0.05) is 38.4 Å². The lowest BCUT2D eigenvalue weighted by atomic mass is 10.2. The highest BCUT2D eigenvalue weighted by atomic mass is 16.6. The second-order valence-corrected chi connectivity index (χ2v) is 8.80. The Morgan fingerprint density at radius 2 is 1.25 bits per heavy atom. The monoisotopic (exact) mass is 551 g/mol. The Balaban J connectivity index is 1.44. The third kappa shape index (κ3) is 10.9. The van der Waals surface area contributed by atoms with Crippen LogP contribution >= 0.6 is 0 Å². The van der Waals surface area contributed by atoms with Gasteiger partial charge >= 0.3 is 17.9 Å². The highest BCUT2D eigenvalue weighted by Crippen LogP contribution is 2.02. The van der Waals surface area contributed by atoms with Gasteiger partial charge in [-0.05, 0) is 24.0 Å². The molecule has 0 atom stereocenters. The van der Waals surface area contributed by atoms with E-state index in [0.29, 0.717) is 12.8 Å². The lowest BCUT2D eigenvalue weighted by molar-refractivity contribution is -0.132. The van der Waals surface area contributed by atoms with Crippen LogP contribution in [0.25, 0.3) is 0 Å². The van der Waals surface area contributed by atoms with E-state index in [9.17, 15) is 24.0 Å². The topological polar surface area (TPSA) is 152 Å². The third-order valence-corrected chi connectivity index (χ3v) is 5.73. The minimum Gasteiger partial charge on any atom is -0.445 e. The van der Waals surface area contributed by atoms with E-state index in [1.54, 1.807) is 0 Å². The Morgan fingerprint density at radius 1 is 0.750 bits per heavy atom. The molecule has 0 radical (unpaired) electrons. The summed E-state index contributed by atoms with van der Waals surface area (Å²) in [6, 6.07) is 19.7. The Kier molecular flexibility index (Phi) is 12.0. The number of hydrogen-bond acceptors (Lipinski definition) is 7. The summed E-state index contributed by atoms with van der Waals surface area (Å²) in [5.41, 5.74) is 0.487. The molecule has 0 unspecified atom stereocenters. The van der Waals surface area contributed by atoms with Gasteiger partial charge in [0.25, 0.3) is 5.56 Å². The summed E-state index contributed by atoms with van der Waals surface area (Å²) in [5, 5.41) is 5.31. The van der Waals surface area contributed by atoms with Crippen molar-refractivity contribution in [1.29, 1.82) is 0 Å². The van der Waals surface area contributed by atoms with Gasteiger partial charge < -0.3 is 25.0 Å². The van der Waals surface area contributed by atoms with Gasteiger partial charge in [-0.2, -0.15) is 0 Å². The van der Waals surface area contributed by atoms with Crippen molar-refractivity contribution in [3.63, 3.8) is 0 Å². The molecule has 12 nitrogen and oxygen atoms in total. The zero-order chi connectivity index (χ0) is 28.6. The second-order valence-electron chi connectivity index (χ2n) is 8.80. The molecule has 0 aliphatic heterocycles. The van der Waals surface area contributed by atoms with Crippen molar-refractivity contribution < 1.29 is 23.9 Å². The number of carbonyl (C=O) groups is 3. The molecule has 40 heavy (non-hydrogen) atoms. The first-order valence-corrected chi connectivity index (χ1v) is 12.9. The molecule has 0 aliphatic rings. The number of carbonyl (C=O) groups excluding carboxylic acids is 3. The van der Waals surface area contributed by atoms with E-state index in [1.807, 2.05) is 60.7 Å². The van der Waals surface area contributed by atoms with Gasteiger partial charge in [0.2, 0.25) is 5.91 Å². The highest BCUT2D eigenvalue weighted by molar-refractivity contribution is 5.76. The average Bonchev–Trinajstić information content (AvgIpc) is 2.96. The van der Waals surface area contributed by atoms with Crippen molar-refractivity contribution in [3.8, 4) is 0 Å². The van der Waals surface area contributed by atoms with Gasteiger partial charge in [0.15, 0.2) is 0 Å². The number of rotatable bonds is 14. The van der Waals surface area contributed by atoms with Crippen LogP contribution in [-0.2, 0) is 34.0 Å². The number of H-pyrrole nitrogens is 1. The maximum Gasteiger partial charge on any atom is 0.407 e. The van der Waals surface area contributed by atoms with Crippen molar-refractivity contribution in [2.24, 2.45) is 0 Å². The van der Waals surface area contributed by atoms with Gasteiger partial charge in [0.1, 0.15) is 19.8 Å². The van der Waals surface area contributed by atoms with E-state index in [0.717, 1.165) is 21.8 Å². The normalized spacial score (nSPS) is 10.4. The molecule has 12 heteroatoms. The third-order valence-electron chi connectivity index (χ3n) is 5.73. The largest absolute Gasteiger partial charge is 0.445 e. The second kappa shape index (κ2) is 16.2. The maximum atomic E-state index is 13.0. The molecule has 3 N–H and O–H groups in total. The molecule has 2 aromatic carbocycles. The molecule has 1 heterocycles. The van der Waals surface area contributed by atoms with Gasteiger partial charge in [0.05, 0.1) is 0 Å². The highest BCUT2D eigenvalue weighted by Gasteiger charge is 2.15. The van der Waals surface area contributed by atoms with Crippen molar-refractivity contribution in [2.75, 3.05) is 26.2 Å². The molecule has 3 aromatic rings. The van der Waals surface area contributed by atoms with Crippen molar-refractivity contribution >= 4 is 18.1 Å². The van der Waals surface area contributed by atoms with Crippen LogP contribution in [0.5, 0.6) is 0 Å². The van der Waals surface area contributed by atoms with Gasteiger partial charge in [-0.15, -0.1) is 0 Å². The quantitative estimate of drug-likeness (QED) is 0.259. The minimum absolute atomic E-state index is 0.145. The zero-order valence-corrected chi connectivity index (χ0v) is 22.0. The van der Waals surface area contributed by atoms with Gasteiger partial charge in [-0.3, -0.25) is 19.1 Å². The molecule has 0 aliphatic carbocycles. The molecule has 0 spiro atoms. The van der Waals surface area contributed by atoms with Crippen LogP contribution in [0.2, 0.25) is 0 Å². The van der Waals surface area contributed by atoms with E-state index < -0.39 is 23.4 Å². The Hall–Kier alpha value is -4.87. The number of nitrogens with one attached hydrogen (secondary N) is 3. The van der Waals surface area contributed by atoms with E-state index in [2.05, 4.69) is 15.6 Å². The van der Waals surface area contributed by atoms with Crippen molar-refractivity contribution in [3.05, 3.63) is 105 Å². The minimum atomic E-state index is -0.688. The van der Waals surface area contributed by atoms with Crippen LogP contribution < -0.4 is 21.9 Å². The molecule has 3 amide bonds. The van der Waals surface area contributed by atoms with E-state index in [-0.39, 0.29) is 51.8 Å². The van der Waals surface area contributed by atoms with E-state index in [1.165, 1.54) is 11.1 Å². The molecule has 0 fully saturated rings. The number of alkyl carbamates (subject to hydrolysis) is 2. The molecule has 0 saturated heterocycles. The fourth-order valence-corrected chi connectivity index (χ4v) is 3.64. The Morgan fingerprint density at radius 3 is 1.73 bits per heavy atom. The van der Waals surface area contributed by atoms with Crippen molar-refractivity contribution in [2.45, 2.75) is 32.6 Å². The predicted octanol–water partition coefficient (Wildman–Crippen LogP) is 2.00. The molecule has 212 valence electrons. The first kappa shape index (κ1) is 29.7. The Labute approximate surface area is 230 Å². The van der Waals surface area contributed by atoms with Crippen LogP contribution in [0.4, 0.5) is 9.59 Å². The summed E-state index contributed by atoms with van der Waals surface area (Å²) in [6.07, 6.45) is 0.976. The van der Waals surface area contributed by atoms with Crippen LogP contribution in [0.3, 0.4) is 0 Å². The van der Waals surface area contributed by atoms with Gasteiger partial charge in [-0.1, -0.05) is 60.7 Å². The smallest absolute Gasteiger partial charge is 0.407 e. The number of aromatic amines is 1. The number of amides is 3.